The van der Waals surface area contributed by atoms with Crippen LogP contribution < -0.4 is 0 Å². The van der Waals surface area contributed by atoms with E-state index in [0.29, 0.717) is 6.04 Å². The Kier molecular flexibility index (Phi) is 2.70. The average Bonchev–Trinajstić information content (AvgIpc) is 2.84. The molecule has 0 aliphatic carbocycles. The molecular weight excluding hydrogens is 229 g/mol. The van der Waals surface area contributed by atoms with Crippen LogP contribution in [0.2, 0.25) is 0 Å². The highest BCUT2D eigenvalue weighted by atomic mass is 35.7. The minimum Gasteiger partial charge on any atom is -0.322 e. The molecule has 2 saturated heterocycles. The van der Waals surface area contributed by atoms with Gasteiger partial charge in [0.1, 0.15) is 6.10 Å². The normalized spacial score (nSPS) is 35.7. The summed E-state index contributed by atoms with van der Waals surface area (Å²) < 4.78 is 8.20. The van der Waals surface area contributed by atoms with Crippen LogP contribution in [0.1, 0.15) is 24.5 Å². The molecule has 1 aromatic carbocycles. The number of benzene rings is 1. The van der Waals surface area contributed by atoms with Crippen LogP contribution in [-0.4, -0.2) is 17.3 Å². The van der Waals surface area contributed by atoms with Crippen LogP contribution in [0.4, 0.5) is 0 Å². The van der Waals surface area contributed by atoms with Crippen molar-refractivity contribution in [1.29, 1.82) is 0 Å². The molecule has 3 atom stereocenters. The van der Waals surface area contributed by atoms with E-state index >= 15 is 0 Å². The molecule has 2 aliphatic rings. The zero-order valence-corrected chi connectivity index (χ0v) is 9.99. The first-order chi connectivity index (χ1) is 7.36. The molecule has 2 heterocycles. The number of fused-ring (bicyclic) bond motifs is 1. The first kappa shape index (κ1) is 10.0. The van der Waals surface area contributed by atoms with Crippen LogP contribution in [-0.2, 0) is 4.52 Å². The predicted molar refractivity (Wildman–Crippen MR) is 62.8 cm³/mol. The third kappa shape index (κ3) is 1.70. The fourth-order valence-corrected chi connectivity index (χ4v) is 4.59. The van der Waals surface area contributed by atoms with Crippen LogP contribution in [0.3, 0.4) is 0 Å². The second-order valence-electron chi connectivity index (χ2n) is 4.04. The Bertz CT molecular complexity index is 348. The maximum absolute atomic E-state index is 6.23. The summed E-state index contributed by atoms with van der Waals surface area (Å²) in [6.07, 6.45) is 2.66. The Hall–Kier alpha value is -0.140. The van der Waals surface area contributed by atoms with Gasteiger partial charge in [-0.1, -0.05) is 30.3 Å². The Morgan fingerprint density at radius 1 is 1.33 bits per heavy atom. The number of rotatable bonds is 1. The van der Waals surface area contributed by atoms with Crippen molar-refractivity contribution >= 4 is 18.9 Å². The van der Waals surface area contributed by atoms with Crippen LogP contribution in [0.15, 0.2) is 30.3 Å². The Labute approximate surface area is 95.9 Å². The van der Waals surface area contributed by atoms with E-state index in [2.05, 4.69) is 28.9 Å². The minimum atomic E-state index is -0.863. The van der Waals surface area contributed by atoms with Gasteiger partial charge in [-0.25, -0.2) is 4.67 Å². The van der Waals surface area contributed by atoms with Gasteiger partial charge in [0.25, 0.3) is 0 Å². The largest absolute Gasteiger partial charge is 0.322 e. The van der Waals surface area contributed by atoms with Crippen LogP contribution >= 0.6 is 18.9 Å². The summed E-state index contributed by atoms with van der Waals surface area (Å²) >= 11 is 6.23. The molecule has 2 aliphatic heterocycles. The molecule has 2 nitrogen and oxygen atoms in total. The highest BCUT2D eigenvalue weighted by Crippen LogP contribution is 2.62. The van der Waals surface area contributed by atoms with Crippen molar-refractivity contribution in [2.45, 2.75) is 25.0 Å². The first-order valence-corrected chi connectivity index (χ1v) is 7.42. The highest BCUT2D eigenvalue weighted by molar-refractivity contribution is 7.78. The van der Waals surface area contributed by atoms with Gasteiger partial charge >= 0.3 is 0 Å². The van der Waals surface area contributed by atoms with Gasteiger partial charge < -0.3 is 4.52 Å². The minimum absolute atomic E-state index is 0.192. The summed E-state index contributed by atoms with van der Waals surface area (Å²) in [5.74, 6) is 0. The topological polar surface area (TPSA) is 12.5 Å². The van der Waals surface area contributed by atoms with E-state index in [1.54, 1.807) is 0 Å². The molecule has 0 amide bonds. The maximum Gasteiger partial charge on any atom is 0.207 e. The quantitative estimate of drug-likeness (QED) is 0.696. The average molecular weight is 242 g/mol. The standard InChI is InChI=1S/C11H13ClNOP/c12-15-13-8-4-7-10(13)11(14-15)9-5-2-1-3-6-9/h1-3,5-6,10-11H,4,7-8H2/t10-,11+,15?/m1/s1. The van der Waals surface area contributed by atoms with Crippen molar-refractivity contribution < 1.29 is 4.52 Å². The number of halogens is 1. The summed E-state index contributed by atoms with van der Waals surface area (Å²) in [4.78, 5) is 0. The van der Waals surface area contributed by atoms with Crippen molar-refractivity contribution in [3.05, 3.63) is 35.9 Å². The van der Waals surface area contributed by atoms with E-state index in [9.17, 15) is 0 Å². The van der Waals surface area contributed by atoms with Crippen molar-refractivity contribution in [3.8, 4) is 0 Å². The molecular formula is C11H13ClNOP. The molecule has 0 spiro atoms. The van der Waals surface area contributed by atoms with Crippen molar-refractivity contribution in [1.82, 2.24) is 4.67 Å². The van der Waals surface area contributed by atoms with Gasteiger partial charge in [0.15, 0.2) is 0 Å². The van der Waals surface area contributed by atoms with Crippen molar-refractivity contribution in [2.75, 3.05) is 6.54 Å². The van der Waals surface area contributed by atoms with Crippen molar-refractivity contribution in [3.63, 3.8) is 0 Å². The SMILES string of the molecule is ClP1O[C@@H](c2ccccc2)[C@H]2CCCN21. The lowest BCUT2D eigenvalue weighted by atomic mass is 10.0. The zero-order chi connectivity index (χ0) is 10.3. The Morgan fingerprint density at radius 3 is 2.93 bits per heavy atom. The van der Waals surface area contributed by atoms with Gasteiger partial charge in [-0.15, -0.1) is 0 Å². The first-order valence-electron chi connectivity index (χ1n) is 5.30. The van der Waals surface area contributed by atoms with Gasteiger partial charge in [-0.05, 0) is 29.6 Å². The number of nitrogens with zero attached hydrogens (tertiary/aromatic N) is 1. The lowest BCUT2D eigenvalue weighted by molar-refractivity contribution is 0.216. The van der Waals surface area contributed by atoms with Crippen LogP contribution in [0, 0.1) is 0 Å². The van der Waals surface area contributed by atoms with E-state index in [4.69, 9.17) is 15.8 Å². The predicted octanol–water partition coefficient (Wildman–Crippen LogP) is 3.69. The van der Waals surface area contributed by atoms with E-state index < -0.39 is 7.65 Å². The molecule has 0 radical (unpaired) electrons. The summed E-state index contributed by atoms with van der Waals surface area (Å²) in [6.45, 7) is 1.10. The smallest absolute Gasteiger partial charge is 0.207 e. The van der Waals surface area contributed by atoms with Crippen molar-refractivity contribution in [2.24, 2.45) is 0 Å². The van der Waals surface area contributed by atoms with E-state index in [1.807, 2.05) is 6.07 Å². The molecule has 2 fully saturated rings. The summed E-state index contributed by atoms with van der Waals surface area (Å²) in [5, 5.41) is 0. The summed E-state index contributed by atoms with van der Waals surface area (Å²) in [5.41, 5.74) is 1.26. The molecule has 1 unspecified atom stereocenters. The van der Waals surface area contributed by atoms with Crippen LogP contribution in [0.5, 0.6) is 0 Å². The molecule has 3 rings (SSSR count). The maximum atomic E-state index is 6.23. The Morgan fingerprint density at radius 2 is 2.13 bits per heavy atom. The molecule has 0 N–H and O–H groups in total. The third-order valence-electron chi connectivity index (χ3n) is 3.15. The molecule has 0 saturated carbocycles. The number of hydrogen-bond donors (Lipinski definition) is 0. The lowest BCUT2D eigenvalue weighted by Gasteiger charge is -2.17. The molecule has 1 aromatic rings. The van der Waals surface area contributed by atoms with Gasteiger partial charge in [0, 0.05) is 12.6 Å². The monoisotopic (exact) mass is 241 g/mol. The lowest BCUT2D eigenvalue weighted by Crippen LogP contribution is -2.21. The summed E-state index contributed by atoms with van der Waals surface area (Å²) in [7, 11) is -0.863. The Balaban J connectivity index is 1.88. The highest BCUT2D eigenvalue weighted by Gasteiger charge is 2.45. The zero-order valence-electron chi connectivity index (χ0n) is 8.34. The van der Waals surface area contributed by atoms with Gasteiger partial charge in [-0.3, -0.25) is 0 Å². The van der Waals surface area contributed by atoms with E-state index in [1.165, 1.54) is 18.4 Å². The van der Waals surface area contributed by atoms with Crippen LogP contribution in [0.25, 0.3) is 0 Å². The third-order valence-corrected chi connectivity index (χ3v) is 5.27. The van der Waals surface area contributed by atoms with E-state index in [-0.39, 0.29) is 6.10 Å². The van der Waals surface area contributed by atoms with E-state index in [0.717, 1.165) is 6.54 Å². The second-order valence-corrected chi connectivity index (χ2v) is 6.08. The van der Waals surface area contributed by atoms with Gasteiger partial charge in [0.2, 0.25) is 7.65 Å². The van der Waals surface area contributed by atoms with Gasteiger partial charge in [-0.2, -0.15) is 0 Å². The van der Waals surface area contributed by atoms with Gasteiger partial charge in [0.05, 0.1) is 0 Å². The molecule has 0 aromatic heterocycles. The molecule has 15 heavy (non-hydrogen) atoms. The summed E-state index contributed by atoms with van der Waals surface area (Å²) in [6, 6.07) is 10.9. The second kappa shape index (κ2) is 4.03. The molecule has 0 bridgehead atoms. The number of hydrogen-bond acceptors (Lipinski definition) is 2. The molecule has 4 heteroatoms. The molecule has 80 valence electrons. The fraction of sp³-hybridized carbons (Fsp3) is 0.455. The fourth-order valence-electron chi connectivity index (χ4n) is 2.43.